The molecule has 0 bridgehead atoms. The Hall–Kier alpha value is -2.53. The van der Waals surface area contributed by atoms with Crippen LogP contribution in [-0.2, 0) is 0 Å². The van der Waals surface area contributed by atoms with Crippen LogP contribution in [0.2, 0.25) is 5.02 Å². The Kier molecular flexibility index (Phi) is 7.13. The summed E-state index contributed by atoms with van der Waals surface area (Å²) in [7, 11) is 0. The lowest BCUT2D eigenvalue weighted by atomic mass is 9.98. The maximum Gasteiger partial charge on any atom is 0.253 e. The van der Waals surface area contributed by atoms with Gasteiger partial charge in [0.1, 0.15) is 5.75 Å². The molecule has 0 aromatic heterocycles. The van der Waals surface area contributed by atoms with E-state index in [4.69, 9.17) is 16.3 Å². The van der Waals surface area contributed by atoms with E-state index in [-0.39, 0.29) is 17.7 Å². The van der Waals surface area contributed by atoms with Gasteiger partial charge in [0.25, 0.3) is 11.8 Å². The van der Waals surface area contributed by atoms with Crippen LogP contribution >= 0.6 is 11.6 Å². The molecule has 2 amide bonds. The standard InChI is InChI=1S/C25H29ClN2O3/c26-22-10-4-8-20(15-22)25(30)28-14-6-7-19(17-28)18-31-23-11-5-9-21(16-23)24(29)27-12-2-1-3-13-27/h4-5,8-11,15-16,19H,1-3,6-7,12-14,17-18H2/t19-/m0/s1. The largest absolute Gasteiger partial charge is 0.493 e. The molecule has 1 atom stereocenters. The Morgan fingerprint density at radius 1 is 0.871 bits per heavy atom. The van der Waals surface area contributed by atoms with E-state index in [9.17, 15) is 9.59 Å². The number of piperidine rings is 2. The molecule has 5 nitrogen and oxygen atoms in total. The fourth-order valence-corrected chi connectivity index (χ4v) is 4.59. The summed E-state index contributed by atoms with van der Waals surface area (Å²) in [6, 6.07) is 14.6. The summed E-state index contributed by atoms with van der Waals surface area (Å²) in [4.78, 5) is 29.4. The maximum atomic E-state index is 12.8. The molecule has 2 aliphatic rings. The first-order valence-electron chi connectivity index (χ1n) is 11.2. The van der Waals surface area contributed by atoms with Crippen molar-refractivity contribution in [3.05, 3.63) is 64.7 Å². The molecule has 0 aliphatic carbocycles. The molecular weight excluding hydrogens is 412 g/mol. The van der Waals surface area contributed by atoms with Crippen molar-refractivity contribution in [3.63, 3.8) is 0 Å². The van der Waals surface area contributed by atoms with Gasteiger partial charge >= 0.3 is 0 Å². The molecule has 164 valence electrons. The zero-order valence-corrected chi connectivity index (χ0v) is 18.5. The van der Waals surface area contributed by atoms with E-state index in [0.717, 1.165) is 45.3 Å². The van der Waals surface area contributed by atoms with Crippen molar-refractivity contribution in [3.8, 4) is 5.75 Å². The van der Waals surface area contributed by atoms with Gasteiger partial charge in [-0.15, -0.1) is 0 Å². The summed E-state index contributed by atoms with van der Waals surface area (Å²) in [5, 5.41) is 0.571. The van der Waals surface area contributed by atoms with Crippen LogP contribution in [0.5, 0.6) is 5.75 Å². The number of rotatable bonds is 5. The van der Waals surface area contributed by atoms with Gasteiger partial charge in [-0.2, -0.15) is 0 Å². The van der Waals surface area contributed by atoms with Crippen molar-refractivity contribution in [1.82, 2.24) is 9.80 Å². The zero-order valence-electron chi connectivity index (χ0n) is 17.8. The third kappa shape index (κ3) is 5.59. The van der Waals surface area contributed by atoms with Crippen molar-refractivity contribution >= 4 is 23.4 Å². The molecule has 2 heterocycles. The van der Waals surface area contributed by atoms with E-state index in [2.05, 4.69) is 0 Å². The molecule has 2 aromatic rings. The second-order valence-electron chi connectivity index (χ2n) is 8.46. The molecule has 31 heavy (non-hydrogen) atoms. The molecule has 2 aromatic carbocycles. The maximum absolute atomic E-state index is 12.8. The molecule has 0 spiro atoms. The van der Waals surface area contributed by atoms with Crippen molar-refractivity contribution in [2.75, 3.05) is 32.8 Å². The molecular formula is C25H29ClN2O3. The Morgan fingerprint density at radius 2 is 1.55 bits per heavy atom. The predicted molar refractivity (Wildman–Crippen MR) is 122 cm³/mol. The Balaban J connectivity index is 1.33. The van der Waals surface area contributed by atoms with E-state index in [1.807, 2.05) is 34.1 Å². The van der Waals surface area contributed by atoms with Gasteiger partial charge in [0, 0.05) is 48.2 Å². The highest BCUT2D eigenvalue weighted by molar-refractivity contribution is 6.30. The van der Waals surface area contributed by atoms with E-state index < -0.39 is 0 Å². The van der Waals surface area contributed by atoms with Crippen LogP contribution in [-0.4, -0.2) is 54.4 Å². The SMILES string of the molecule is O=C(c1cccc(OC[C@H]2CCCN(C(=O)c3cccc(Cl)c3)C2)c1)N1CCCCC1. The number of hydrogen-bond donors (Lipinski definition) is 0. The van der Waals surface area contributed by atoms with Gasteiger partial charge < -0.3 is 14.5 Å². The first kappa shape index (κ1) is 21.7. The third-order valence-corrected chi connectivity index (χ3v) is 6.32. The van der Waals surface area contributed by atoms with E-state index in [1.165, 1.54) is 6.42 Å². The predicted octanol–water partition coefficient (Wildman–Crippen LogP) is 4.90. The zero-order chi connectivity index (χ0) is 21.6. The summed E-state index contributed by atoms with van der Waals surface area (Å²) >= 11 is 6.04. The minimum absolute atomic E-state index is 0.0151. The molecule has 6 heteroatoms. The Bertz CT molecular complexity index is 926. The van der Waals surface area contributed by atoms with Gasteiger partial charge in [0.15, 0.2) is 0 Å². The Labute approximate surface area is 188 Å². The fourth-order valence-electron chi connectivity index (χ4n) is 4.40. The number of likely N-dealkylation sites (tertiary alicyclic amines) is 2. The first-order valence-corrected chi connectivity index (χ1v) is 11.5. The lowest BCUT2D eigenvalue weighted by Gasteiger charge is -2.32. The average molecular weight is 441 g/mol. The molecule has 2 fully saturated rings. The van der Waals surface area contributed by atoms with Gasteiger partial charge in [-0.05, 0) is 68.5 Å². The highest BCUT2D eigenvalue weighted by Crippen LogP contribution is 2.23. The van der Waals surface area contributed by atoms with Crippen molar-refractivity contribution < 1.29 is 14.3 Å². The number of ether oxygens (including phenoxy) is 1. The number of carbonyl (C=O) groups is 2. The quantitative estimate of drug-likeness (QED) is 0.664. The first-order chi connectivity index (χ1) is 15.1. The molecule has 4 rings (SSSR count). The highest BCUT2D eigenvalue weighted by atomic mass is 35.5. The second kappa shape index (κ2) is 10.2. The van der Waals surface area contributed by atoms with Crippen molar-refractivity contribution in [2.24, 2.45) is 5.92 Å². The topological polar surface area (TPSA) is 49.9 Å². The fraction of sp³-hybridized carbons (Fsp3) is 0.440. The molecule has 0 saturated carbocycles. The average Bonchev–Trinajstić information content (AvgIpc) is 2.83. The van der Waals surface area contributed by atoms with Crippen LogP contribution in [0, 0.1) is 5.92 Å². The van der Waals surface area contributed by atoms with Crippen LogP contribution in [0.15, 0.2) is 48.5 Å². The van der Waals surface area contributed by atoms with Gasteiger partial charge in [0.2, 0.25) is 0 Å². The van der Waals surface area contributed by atoms with Crippen molar-refractivity contribution in [2.45, 2.75) is 32.1 Å². The van der Waals surface area contributed by atoms with Crippen LogP contribution < -0.4 is 4.74 Å². The van der Waals surface area contributed by atoms with E-state index in [1.54, 1.807) is 24.3 Å². The monoisotopic (exact) mass is 440 g/mol. The summed E-state index contributed by atoms with van der Waals surface area (Å²) in [5.74, 6) is 1.07. The number of benzene rings is 2. The van der Waals surface area contributed by atoms with Crippen LogP contribution in [0.3, 0.4) is 0 Å². The summed E-state index contributed by atoms with van der Waals surface area (Å²) in [6.45, 7) is 3.62. The number of carbonyl (C=O) groups excluding carboxylic acids is 2. The van der Waals surface area contributed by atoms with Crippen LogP contribution in [0.4, 0.5) is 0 Å². The lowest BCUT2D eigenvalue weighted by molar-refractivity contribution is 0.0631. The molecule has 2 aliphatic heterocycles. The molecule has 0 unspecified atom stereocenters. The lowest BCUT2D eigenvalue weighted by Crippen LogP contribution is -2.41. The minimum Gasteiger partial charge on any atom is -0.493 e. The molecule has 2 saturated heterocycles. The highest BCUT2D eigenvalue weighted by Gasteiger charge is 2.25. The summed E-state index contributed by atoms with van der Waals surface area (Å²) in [6.07, 6.45) is 5.33. The number of nitrogens with zero attached hydrogens (tertiary/aromatic N) is 2. The molecule has 0 radical (unpaired) electrons. The third-order valence-electron chi connectivity index (χ3n) is 6.09. The van der Waals surface area contributed by atoms with Gasteiger partial charge in [-0.3, -0.25) is 9.59 Å². The number of halogens is 1. The van der Waals surface area contributed by atoms with Crippen LogP contribution in [0.1, 0.15) is 52.8 Å². The van der Waals surface area contributed by atoms with Crippen LogP contribution in [0.25, 0.3) is 0 Å². The minimum atomic E-state index is 0.0151. The summed E-state index contributed by atoms with van der Waals surface area (Å²) in [5.41, 5.74) is 1.30. The summed E-state index contributed by atoms with van der Waals surface area (Å²) < 4.78 is 6.05. The second-order valence-corrected chi connectivity index (χ2v) is 8.90. The van der Waals surface area contributed by atoms with Crippen molar-refractivity contribution in [1.29, 1.82) is 0 Å². The van der Waals surface area contributed by atoms with Gasteiger partial charge in [-0.25, -0.2) is 0 Å². The normalized spacial score (nSPS) is 19.2. The number of amides is 2. The van der Waals surface area contributed by atoms with Gasteiger partial charge in [-0.1, -0.05) is 23.7 Å². The van der Waals surface area contributed by atoms with E-state index >= 15 is 0 Å². The number of hydrogen-bond acceptors (Lipinski definition) is 3. The van der Waals surface area contributed by atoms with Gasteiger partial charge in [0.05, 0.1) is 6.61 Å². The van der Waals surface area contributed by atoms with E-state index in [0.29, 0.717) is 35.1 Å². The Morgan fingerprint density at radius 3 is 2.32 bits per heavy atom. The molecule has 0 N–H and O–H groups in total. The smallest absolute Gasteiger partial charge is 0.253 e.